The van der Waals surface area contributed by atoms with Gasteiger partial charge in [-0.15, -0.1) is 0 Å². The second-order valence-electron chi connectivity index (χ2n) is 4.97. The summed E-state index contributed by atoms with van der Waals surface area (Å²) in [5.74, 6) is 0.925. The second kappa shape index (κ2) is 5.90. The monoisotopic (exact) mass is 221 g/mol. The average molecular weight is 221 g/mol. The fourth-order valence-corrected chi connectivity index (χ4v) is 1.45. The van der Waals surface area contributed by atoms with Crippen molar-refractivity contribution >= 4 is 0 Å². The molecule has 0 unspecified atom stereocenters. The van der Waals surface area contributed by atoms with Crippen molar-refractivity contribution in [3.63, 3.8) is 0 Å². The smallest absolute Gasteiger partial charge is 0.119 e. The summed E-state index contributed by atoms with van der Waals surface area (Å²) >= 11 is 0. The SMILES string of the molecule is CCC(C)(C)CNCc1cccc(OC)c1. The Morgan fingerprint density at radius 2 is 2.06 bits per heavy atom. The van der Waals surface area contributed by atoms with Gasteiger partial charge in [0.2, 0.25) is 0 Å². The highest BCUT2D eigenvalue weighted by molar-refractivity contribution is 5.28. The van der Waals surface area contributed by atoms with E-state index in [0.717, 1.165) is 18.8 Å². The van der Waals surface area contributed by atoms with Crippen LogP contribution in [-0.2, 0) is 6.54 Å². The molecule has 1 rings (SSSR count). The van der Waals surface area contributed by atoms with Gasteiger partial charge >= 0.3 is 0 Å². The van der Waals surface area contributed by atoms with Crippen LogP contribution < -0.4 is 10.1 Å². The van der Waals surface area contributed by atoms with Crippen LogP contribution in [0.4, 0.5) is 0 Å². The zero-order valence-electron chi connectivity index (χ0n) is 10.8. The topological polar surface area (TPSA) is 21.3 Å². The highest BCUT2D eigenvalue weighted by atomic mass is 16.5. The molecule has 0 amide bonds. The van der Waals surface area contributed by atoms with Crippen molar-refractivity contribution in [2.24, 2.45) is 5.41 Å². The minimum absolute atomic E-state index is 0.374. The normalized spacial score (nSPS) is 11.5. The van der Waals surface area contributed by atoms with Gasteiger partial charge in [0, 0.05) is 13.1 Å². The number of hydrogen-bond donors (Lipinski definition) is 1. The molecular formula is C14H23NO. The van der Waals surface area contributed by atoms with Crippen LogP contribution >= 0.6 is 0 Å². The van der Waals surface area contributed by atoms with Gasteiger partial charge in [0.15, 0.2) is 0 Å². The van der Waals surface area contributed by atoms with E-state index in [1.165, 1.54) is 12.0 Å². The Balaban J connectivity index is 2.42. The molecule has 0 radical (unpaired) electrons. The van der Waals surface area contributed by atoms with Gasteiger partial charge in [-0.05, 0) is 29.5 Å². The van der Waals surface area contributed by atoms with E-state index in [1.54, 1.807) is 7.11 Å². The van der Waals surface area contributed by atoms with Crippen molar-refractivity contribution in [1.29, 1.82) is 0 Å². The van der Waals surface area contributed by atoms with E-state index in [9.17, 15) is 0 Å². The summed E-state index contributed by atoms with van der Waals surface area (Å²) in [6, 6.07) is 8.20. The van der Waals surface area contributed by atoms with Gasteiger partial charge in [-0.2, -0.15) is 0 Å². The van der Waals surface area contributed by atoms with Crippen molar-refractivity contribution in [1.82, 2.24) is 5.32 Å². The van der Waals surface area contributed by atoms with E-state index in [1.807, 2.05) is 12.1 Å². The Bertz CT molecular complexity index is 320. The summed E-state index contributed by atoms with van der Waals surface area (Å²) < 4.78 is 5.20. The molecule has 2 nitrogen and oxygen atoms in total. The molecule has 90 valence electrons. The molecule has 0 aliphatic carbocycles. The highest BCUT2D eigenvalue weighted by Gasteiger charge is 2.13. The van der Waals surface area contributed by atoms with Crippen LogP contribution in [0.2, 0.25) is 0 Å². The fraction of sp³-hybridized carbons (Fsp3) is 0.571. The summed E-state index contributed by atoms with van der Waals surface area (Å²) in [4.78, 5) is 0. The number of rotatable bonds is 6. The van der Waals surface area contributed by atoms with Crippen LogP contribution in [0.3, 0.4) is 0 Å². The largest absolute Gasteiger partial charge is 0.497 e. The van der Waals surface area contributed by atoms with Crippen LogP contribution in [0.15, 0.2) is 24.3 Å². The minimum Gasteiger partial charge on any atom is -0.497 e. The summed E-state index contributed by atoms with van der Waals surface area (Å²) in [7, 11) is 1.70. The molecule has 0 aromatic heterocycles. The van der Waals surface area contributed by atoms with E-state index in [2.05, 4.69) is 38.2 Å². The molecule has 0 aliphatic rings. The Morgan fingerprint density at radius 3 is 2.69 bits per heavy atom. The molecule has 16 heavy (non-hydrogen) atoms. The summed E-state index contributed by atoms with van der Waals surface area (Å²) in [5, 5.41) is 3.49. The number of ether oxygens (including phenoxy) is 1. The van der Waals surface area contributed by atoms with E-state index < -0.39 is 0 Å². The maximum Gasteiger partial charge on any atom is 0.119 e. The van der Waals surface area contributed by atoms with Gasteiger partial charge in [-0.3, -0.25) is 0 Å². The predicted molar refractivity (Wildman–Crippen MR) is 68.8 cm³/mol. The van der Waals surface area contributed by atoms with Gasteiger partial charge in [0.25, 0.3) is 0 Å². The first-order chi connectivity index (χ1) is 7.57. The van der Waals surface area contributed by atoms with Gasteiger partial charge in [0.1, 0.15) is 5.75 Å². The van der Waals surface area contributed by atoms with Crippen molar-refractivity contribution in [2.45, 2.75) is 33.7 Å². The van der Waals surface area contributed by atoms with Gasteiger partial charge in [0.05, 0.1) is 7.11 Å². The molecule has 0 fully saturated rings. The van der Waals surface area contributed by atoms with Crippen LogP contribution in [0.5, 0.6) is 5.75 Å². The Labute approximate surface area is 99.0 Å². The molecule has 0 bridgehead atoms. The van der Waals surface area contributed by atoms with Gasteiger partial charge < -0.3 is 10.1 Å². The number of nitrogens with one attached hydrogen (secondary N) is 1. The summed E-state index contributed by atoms with van der Waals surface area (Å²) in [6.07, 6.45) is 1.19. The molecule has 0 saturated heterocycles. The first-order valence-electron chi connectivity index (χ1n) is 5.91. The van der Waals surface area contributed by atoms with E-state index in [-0.39, 0.29) is 0 Å². The van der Waals surface area contributed by atoms with Crippen LogP contribution in [-0.4, -0.2) is 13.7 Å². The lowest BCUT2D eigenvalue weighted by Gasteiger charge is -2.23. The summed E-state index contributed by atoms with van der Waals surface area (Å²) in [5.41, 5.74) is 1.64. The highest BCUT2D eigenvalue weighted by Crippen LogP contribution is 2.18. The van der Waals surface area contributed by atoms with Crippen molar-refractivity contribution in [3.05, 3.63) is 29.8 Å². The van der Waals surface area contributed by atoms with Crippen LogP contribution in [0.1, 0.15) is 32.8 Å². The van der Waals surface area contributed by atoms with Crippen molar-refractivity contribution < 1.29 is 4.74 Å². The predicted octanol–water partition coefficient (Wildman–Crippen LogP) is 3.22. The molecule has 0 atom stereocenters. The lowest BCUT2D eigenvalue weighted by molar-refractivity contribution is 0.327. The molecule has 0 saturated carbocycles. The van der Waals surface area contributed by atoms with E-state index in [0.29, 0.717) is 5.41 Å². The minimum atomic E-state index is 0.374. The Hall–Kier alpha value is -1.02. The average Bonchev–Trinajstić information content (AvgIpc) is 2.29. The molecule has 0 heterocycles. The molecule has 2 heteroatoms. The van der Waals surface area contributed by atoms with Gasteiger partial charge in [-0.1, -0.05) is 32.9 Å². The Kier molecular flexibility index (Phi) is 4.81. The first kappa shape index (κ1) is 13.0. The zero-order chi connectivity index (χ0) is 12.0. The van der Waals surface area contributed by atoms with Crippen LogP contribution in [0, 0.1) is 5.41 Å². The maximum atomic E-state index is 5.20. The molecule has 1 aromatic rings. The molecule has 0 aliphatic heterocycles. The lowest BCUT2D eigenvalue weighted by Crippen LogP contribution is -2.28. The third-order valence-corrected chi connectivity index (χ3v) is 3.02. The number of methoxy groups -OCH3 is 1. The van der Waals surface area contributed by atoms with E-state index in [4.69, 9.17) is 4.74 Å². The maximum absolute atomic E-state index is 5.20. The third-order valence-electron chi connectivity index (χ3n) is 3.02. The standard InChI is InChI=1S/C14H23NO/c1-5-14(2,3)11-15-10-12-7-6-8-13(9-12)16-4/h6-9,15H,5,10-11H2,1-4H3. The number of benzene rings is 1. The van der Waals surface area contributed by atoms with E-state index >= 15 is 0 Å². The zero-order valence-corrected chi connectivity index (χ0v) is 10.8. The summed E-state index contributed by atoms with van der Waals surface area (Å²) in [6.45, 7) is 8.74. The van der Waals surface area contributed by atoms with Gasteiger partial charge in [-0.25, -0.2) is 0 Å². The molecule has 1 N–H and O–H groups in total. The lowest BCUT2D eigenvalue weighted by atomic mass is 9.90. The quantitative estimate of drug-likeness (QED) is 0.796. The van der Waals surface area contributed by atoms with Crippen molar-refractivity contribution in [2.75, 3.05) is 13.7 Å². The molecule has 0 spiro atoms. The second-order valence-corrected chi connectivity index (χ2v) is 4.97. The molecule has 1 aromatic carbocycles. The fourth-order valence-electron chi connectivity index (χ4n) is 1.45. The Morgan fingerprint density at radius 1 is 1.31 bits per heavy atom. The third kappa shape index (κ3) is 4.23. The van der Waals surface area contributed by atoms with Crippen LogP contribution in [0.25, 0.3) is 0 Å². The molecular weight excluding hydrogens is 198 g/mol. The first-order valence-corrected chi connectivity index (χ1v) is 5.91. The number of hydrogen-bond acceptors (Lipinski definition) is 2. The van der Waals surface area contributed by atoms with Crippen molar-refractivity contribution in [3.8, 4) is 5.75 Å².